The molecular weight excluding hydrogens is 552 g/mol. The summed E-state index contributed by atoms with van der Waals surface area (Å²) in [5.74, 6) is 0.996. The van der Waals surface area contributed by atoms with Crippen LogP contribution in [0.5, 0.6) is 0 Å². The van der Waals surface area contributed by atoms with E-state index in [2.05, 4.69) is 26.1 Å². The van der Waals surface area contributed by atoms with Crippen LogP contribution < -0.4 is 0 Å². The SMILES string of the molecule is O=C(CSc1nnc2c3c4c(sc3nc(-c3ccccc3Cl)n12)CCCC4)c1ccc(Br)cc1. The average Bonchev–Trinajstić information content (AvgIpc) is 3.44. The lowest BCUT2D eigenvalue weighted by molar-refractivity contribution is 0.102. The normalized spacial score (nSPS) is 13.5. The molecule has 0 aliphatic heterocycles. The number of hydrogen-bond acceptors (Lipinski definition) is 6. The van der Waals surface area contributed by atoms with Crippen LogP contribution in [0.15, 0.2) is 58.2 Å². The summed E-state index contributed by atoms with van der Waals surface area (Å²) >= 11 is 13.1. The molecule has 0 spiro atoms. The van der Waals surface area contributed by atoms with E-state index in [9.17, 15) is 4.79 Å². The van der Waals surface area contributed by atoms with Crippen molar-refractivity contribution in [2.75, 3.05) is 5.75 Å². The van der Waals surface area contributed by atoms with Gasteiger partial charge in [-0.25, -0.2) is 4.98 Å². The molecule has 0 bridgehead atoms. The van der Waals surface area contributed by atoms with E-state index in [1.807, 2.05) is 52.9 Å². The third kappa shape index (κ3) is 3.86. The van der Waals surface area contributed by atoms with Crippen molar-refractivity contribution >= 4 is 72.3 Å². The van der Waals surface area contributed by atoms with Gasteiger partial charge in [-0.3, -0.25) is 9.20 Å². The summed E-state index contributed by atoms with van der Waals surface area (Å²) in [6, 6.07) is 15.1. The van der Waals surface area contributed by atoms with Crippen LogP contribution in [0.3, 0.4) is 0 Å². The molecule has 5 nitrogen and oxygen atoms in total. The monoisotopic (exact) mass is 568 g/mol. The molecule has 6 rings (SSSR count). The lowest BCUT2D eigenvalue weighted by Gasteiger charge is -2.12. The Balaban J connectivity index is 1.49. The van der Waals surface area contributed by atoms with Crippen molar-refractivity contribution in [3.05, 3.63) is 74.0 Å². The van der Waals surface area contributed by atoms with E-state index in [4.69, 9.17) is 16.6 Å². The summed E-state index contributed by atoms with van der Waals surface area (Å²) in [6.45, 7) is 0. The van der Waals surface area contributed by atoms with Gasteiger partial charge >= 0.3 is 0 Å². The van der Waals surface area contributed by atoms with Crippen LogP contribution in [0, 0.1) is 0 Å². The highest BCUT2D eigenvalue weighted by Crippen LogP contribution is 2.40. The number of aryl methyl sites for hydroxylation is 2. The number of carbonyl (C=O) groups excluding carboxylic acids is 1. The molecule has 1 aliphatic carbocycles. The van der Waals surface area contributed by atoms with Gasteiger partial charge in [0.25, 0.3) is 0 Å². The Morgan fingerprint density at radius 3 is 2.71 bits per heavy atom. The third-order valence-corrected chi connectivity index (χ3v) is 9.02. The number of thiophene rings is 1. The molecule has 0 saturated heterocycles. The lowest BCUT2D eigenvalue weighted by atomic mass is 9.97. The molecule has 0 saturated carbocycles. The standard InChI is InChI=1S/C25H18BrClN4OS2/c26-15-11-9-14(10-12-15)19(32)13-33-25-30-29-23-21-17-6-2-4-8-20(17)34-24(21)28-22(31(23)25)16-5-1-3-7-18(16)27/h1,3,5,7,9-12H,2,4,6,8,13H2. The fourth-order valence-electron chi connectivity index (χ4n) is 4.40. The Morgan fingerprint density at radius 2 is 1.88 bits per heavy atom. The van der Waals surface area contributed by atoms with Crippen LogP contribution in [-0.4, -0.2) is 31.1 Å². The molecule has 0 radical (unpaired) electrons. The van der Waals surface area contributed by atoms with Gasteiger partial charge in [-0.1, -0.05) is 63.6 Å². The molecule has 5 aromatic rings. The Morgan fingerprint density at radius 1 is 1.09 bits per heavy atom. The molecule has 0 unspecified atom stereocenters. The van der Waals surface area contributed by atoms with Crippen LogP contribution in [0.1, 0.15) is 33.6 Å². The number of carbonyl (C=O) groups is 1. The van der Waals surface area contributed by atoms with Crippen molar-refractivity contribution in [2.45, 2.75) is 30.8 Å². The van der Waals surface area contributed by atoms with Crippen molar-refractivity contribution in [1.82, 2.24) is 19.6 Å². The molecule has 3 heterocycles. The Labute approximate surface area is 217 Å². The van der Waals surface area contributed by atoms with E-state index in [1.54, 1.807) is 11.3 Å². The molecule has 2 aromatic carbocycles. The van der Waals surface area contributed by atoms with Crippen LogP contribution in [0.4, 0.5) is 0 Å². The van der Waals surface area contributed by atoms with E-state index in [-0.39, 0.29) is 11.5 Å². The van der Waals surface area contributed by atoms with Crippen LogP contribution in [0.2, 0.25) is 5.02 Å². The van der Waals surface area contributed by atoms with Crippen molar-refractivity contribution in [1.29, 1.82) is 0 Å². The first-order valence-electron chi connectivity index (χ1n) is 11.0. The van der Waals surface area contributed by atoms with Gasteiger partial charge in [-0.2, -0.15) is 0 Å². The highest BCUT2D eigenvalue weighted by molar-refractivity contribution is 9.10. The number of fused-ring (bicyclic) bond motifs is 5. The first-order chi connectivity index (χ1) is 16.6. The van der Waals surface area contributed by atoms with Crippen LogP contribution in [0.25, 0.3) is 27.3 Å². The van der Waals surface area contributed by atoms with Crippen LogP contribution >= 0.6 is 50.6 Å². The van der Waals surface area contributed by atoms with E-state index in [0.717, 1.165) is 38.7 Å². The van der Waals surface area contributed by atoms with E-state index >= 15 is 0 Å². The number of aromatic nitrogens is 4. The molecule has 9 heteroatoms. The van der Waals surface area contributed by atoms with Crippen molar-refractivity contribution < 1.29 is 4.79 Å². The predicted octanol–water partition coefficient (Wildman–Crippen LogP) is 7.28. The molecular formula is C25H18BrClN4OS2. The Kier molecular flexibility index (Phi) is 5.93. The quantitative estimate of drug-likeness (QED) is 0.164. The summed E-state index contributed by atoms with van der Waals surface area (Å²) in [6.07, 6.45) is 4.50. The summed E-state index contributed by atoms with van der Waals surface area (Å²) in [7, 11) is 0. The van der Waals surface area contributed by atoms with Gasteiger partial charge in [0.2, 0.25) is 0 Å². The van der Waals surface area contributed by atoms with E-state index < -0.39 is 0 Å². The topological polar surface area (TPSA) is 60.2 Å². The molecule has 0 N–H and O–H groups in total. The zero-order chi connectivity index (χ0) is 23.2. The van der Waals surface area contributed by atoms with Crippen molar-refractivity contribution in [2.24, 2.45) is 0 Å². The summed E-state index contributed by atoms with van der Waals surface area (Å²) < 4.78 is 2.92. The average molecular weight is 570 g/mol. The van der Waals surface area contributed by atoms with Gasteiger partial charge in [0.15, 0.2) is 22.4 Å². The molecule has 1 aliphatic rings. The van der Waals surface area contributed by atoms with Crippen LogP contribution in [-0.2, 0) is 12.8 Å². The Bertz CT molecular complexity index is 1560. The van der Waals surface area contributed by atoms with Crippen molar-refractivity contribution in [3.63, 3.8) is 0 Å². The summed E-state index contributed by atoms with van der Waals surface area (Å²) in [5, 5.41) is 11.5. The first kappa shape index (κ1) is 22.2. The second kappa shape index (κ2) is 9.07. The number of Topliss-reactive ketones (excluding diaryl/α,β-unsaturated/α-hetero) is 1. The fraction of sp³-hybridized carbons (Fsp3) is 0.200. The maximum atomic E-state index is 12.8. The van der Waals surface area contributed by atoms with Gasteiger partial charge in [-0.15, -0.1) is 21.5 Å². The minimum atomic E-state index is 0.0375. The minimum absolute atomic E-state index is 0.0375. The van der Waals surface area contributed by atoms with E-state index in [0.29, 0.717) is 21.6 Å². The van der Waals surface area contributed by atoms with Gasteiger partial charge in [0, 0.05) is 20.5 Å². The first-order valence-corrected chi connectivity index (χ1v) is 13.9. The molecule has 0 amide bonds. The maximum absolute atomic E-state index is 12.8. The largest absolute Gasteiger partial charge is 0.293 e. The van der Waals surface area contributed by atoms with Gasteiger partial charge in [0.05, 0.1) is 16.2 Å². The minimum Gasteiger partial charge on any atom is -0.293 e. The summed E-state index contributed by atoms with van der Waals surface area (Å²) in [4.78, 5) is 20.3. The molecule has 3 aromatic heterocycles. The molecule has 34 heavy (non-hydrogen) atoms. The van der Waals surface area contributed by atoms with Gasteiger partial charge in [-0.05, 0) is 55.5 Å². The molecule has 0 atom stereocenters. The van der Waals surface area contributed by atoms with Gasteiger partial charge in [0.1, 0.15) is 4.83 Å². The number of halogens is 2. The summed E-state index contributed by atoms with van der Waals surface area (Å²) in [5.41, 5.74) is 3.63. The number of rotatable bonds is 5. The highest BCUT2D eigenvalue weighted by Gasteiger charge is 2.25. The highest BCUT2D eigenvalue weighted by atomic mass is 79.9. The smallest absolute Gasteiger partial charge is 0.197 e. The van der Waals surface area contributed by atoms with Gasteiger partial charge < -0.3 is 0 Å². The Hall–Kier alpha value is -2.26. The zero-order valence-corrected chi connectivity index (χ0v) is 21.9. The number of nitrogens with zero attached hydrogens (tertiary/aromatic N) is 4. The number of benzene rings is 2. The second-order valence-electron chi connectivity index (χ2n) is 8.17. The number of ketones is 1. The lowest BCUT2D eigenvalue weighted by Crippen LogP contribution is -2.04. The fourth-order valence-corrected chi connectivity index (χ4v) is 6.96. The van der Waals surface area contributed by atoms with Crippen molar-refractivity contribution in [3.8, 4) is 11.4 Å². The predicted molar refractivity (Wildman–Crippen MR) is 142 cm³/mol. The number of hydrogen-bond donors (Lipinski definition) is 0. The van der Waals surface area contributed by atoms with E-state index in [1.165, 1.54) is 35.0 Å². The third-order valence-electron chi connectivity index (χ3n) is 6.04. The maximum Gasteiger partial charge on any atom is 0.197 e. The molecule has 170 valence electrons. The molecule has 0 fully saturated rings. The number of thioether (sulfide) groups is 1. The zero-order valence-electron chi connectivity index (χ0n) is 17.9. The second-order valence-corrected chi connectivity index (χ2v) is 11.5.